The normalized spacial score (nSPS) is 10.6. The lowest BCUT2D eigenvalue weighted by molar-refractivity contribution is 0.0533. The average molecular weight is 452 g/mol. The number of amides is 1. The van der Waals surface area contributed by atoms with Crippen molar-refractivity contribution >= 4 is 52.1 Å². The van der Waals surface area contributed by atoms with Crippen molar-refractivity contribution in [2.24, 2.45) is 7.05 Å². The fourth-order valence-electron chi connectivity index (χ4n) is 2.46. The number of hydrogen-bond acceptors (Lipinski definition) is 6. The first-order valence-electron chi connectivity index (χ1n) is 8.42. The van der Waals surface area contributed by atoms with Gasteiger partial charge in [-0.25, -0.2) is 9.48 Å². The molecular formula is C19H15Cl2N3O4S. The fourth-order valence-corrected chi connectivity index (χ4v) is 4.08. The largest absolute Gasteiger partial charge is 0.462 e. The van der Waals surface area contributed by atoms with Gasteiger partial charge in [0, 0.05) is 28.6 Å². The minimum Gasteiger partial charge on any atom is -0.462 e. The van der Waals surface area contributed by atoms with Crippen LogP contribution in [0.15, 0.2) is 41.2 Å². The van der Waals surface area contributed by atoms with Gasteiger partial charge in [-0.05, 0) is 31.2 Å². The van der Waals surface area contributed by atoms with Crippen LogP contribution < -0.4 is 10.9 Å². The van der Waals surface area contributed by atoms with Crippen LogP contribution in [-0.4, -0.2) is 28.3 Å². The lowest BCUT2D eigenvalue weighted by Gasteiger charge is -2.06. The van der Waals surface area contributed by atoms with Crippen molar-refractivity contribution in [3.8, 4) is 10.4 Å². The third-order valence-corrected chi connectivity index (χ3v) is 5.53. The predicted molar refractivity (Wildman–Crippen MR) is 113 cm³/mol. The SMILES string of the molecule is CCOC(=O)c1sc(-c2ccc(Cl)cc2Cl)cc1NC(=O)c1ccc(=O)n(C)n1. The summed E-state index contributed by atoms with van der Waals surface area (Å²) in [5, 5.41) is 7.46. The van der Waals surface area contributed by atoms with Crippen LogP contribution in [0.2, 0.25) is 10.0 Å². The molecule has 0 spiro atoms. The van der Waals surface area contributed by atoms with E-state index in [0.717, 1.165) is 16.0 Å². The van der Waals surface area contributed by atoms with Crippen LogP contribution in [0, 0.1) is 0 Å². The molecule has 29 heavy (non-hydrogen) atoms. The molecule has 150 valence electrons. The third kappa shape index (κ3) is 4.67. The highest BCUT2D eigenvalue weighted by atomic mass is 35.5. The molecule has 0 aliphatic carbocycles. The quantitative estimate of drug-likeness (QED) is 0.585. The Kier molecular flexibility index (Phi) is 6.36. The molecule has 0 fully saturated rings. The van der Waals surface area contributed by atoms with Crippen molar-refractivity contribution in [3.63, 3.8) is 0 Å². The Morgan fingerprint density at radius 1 is 1.21 bits per heavy atom. The second-order valence-electron chi connectivity index (χ2n) is 5.83. The second-order valence-corrected chi connectivity index (χ2v) is 7.73. The lowest BCUT2D eigenvalue weighted by atomic mass is 10.2. The number of hydrogen-bond donors (Lipinski definition) is 1. The number of esters is 1. The van der Waals surface area contributed by atoms with Gasteiger partial charge in [0.25, 0.3) is 11.5 Å². The first-order chi connectivity index (χ1) is 13.8. The fraction of sp³-hybridized carbons (Fsp3) is 0.158. The zero-order valence-corrected chi connectivity index (χ0v) is 17.7. The number of thiophene rings is 1. The molecule has 1 amide bonds. The van der Waals surface area contributed by atoms with Gasteiger partial charge in [0.05, 0.1) is 17.3 Å². The van der Waals surface area contributed by atoms with E-state index in [0.29, 0.717) is 20.5 Å². The molecule has 0 atom stereocenters. The smallest absolute Gasteiger partial charge is 0.350 e. The van der Waals surface area contributed by atoms with E-state index in [1.54, 1.807) is 31.2 Å². The summed E-state index contributed by atoms with van der Waals surface area (Å²) in [5.41, 5.74) is 0.602. The summed E-state index contributed by atoms with van der Waals surface area (Å²) in [5.74, 6) is -1.14. The van der Waals surface area contributed by atoms with Crippen LogP contribution in [0.4, 0.5) is 5.69 Å². The third-order valence-electron chi connectivity index (χ3n) is 3.83. The minimum atomic E-state index is -0.572. The van der Waals surface area contributed by atoms with Crippen LogP contribution in [0.3, 0.4) is 0 Å². The Labute approximate surface area is 179 Å². The van der Waals surface area contributed by atoms with E-state index in [9.17, 15) is 14.4 Å². The Morgan fingerprint density at radius 2 is 1.97 bits per heavy atom. The highest BCUT2D eigenvalue weighted by Gasteiger charge is 2.22. The zero-order chi connectivity index (χ0) is 21.1. The topological polar surface area (TPSA) is 90.3 Å². The molecule has 0 bridgehead atoms. The number of anilines is 1. The maximum Gasteiger partial charge on any atom is 0.350 e. The van der Waals surface area contributed by atoms with Gasteiger partial charge < -0.3 is 10.1 Å². The number of aryl methyl sites for hydroxylation is 1. The van der Waals surface area contributed by atoms with E-state index < -0.39 is 11.9 Å². The second kappa shape index (κ2) is 8.77. The average Bonchev–Trinajstić information content (AvgIpc) is 3.07. The number of carbonyl (C=O) groups is 2. The van der Waals surface area contributed by atoms with Gasteiger partial charge >= 0.3 is 5.97 Å². The molecule has 2 aromatic heterocycles. The number of halogens is 2. The minimum absolute atomic E-state index is 0.0270. The van der Waals surface area contributed by atoms with E-state index in [4.69, 9.17) is 27.9 Å². The van der Waals surface area contributed by atoms with Gasteiger partial charge in [0.1, 0.15) is 10.6 Å². The van der Waals surface area contributed by atoms with E-state index in [2.05, 4.69) is 10.4 Å². The van der Waals surface area contributed by atoms with Gasteiger partial charge in [-0.1, -0.05) is 29.3 Å². The summed E-state index contributed by atoms with van der Waals surface area (Å²) in [7, 11) is 1.44. The zero-order valence-electron chi connectivity index (χ0n) is 15.4. The summed E-state index contributed by atoms with van der Waals surface area (Å²) in [6.07, 6.45) is 0. The first kappa shape index (κ1) is 21.0. The molecule has 0 saturated heterocycles. The van der Waals surface area contributed by atoms with Crippen LogP contribution in [0.25, 0.3) is 10.4 Å². The summed E-state index contributed by atoms with van der Waals surface area (Å²) < 4.78 is 6.14. The van der Waals surface area contributed by atoms with Crippen molar-refractivity contribution in [1.82, 2.24) is 9.78 Å². The Morgan fingerprint density at radius 3 is 2.62 bits per heavy atom. The molecule has 0 saturated carbocycles. The Balaban J connectivity index is 2.00. The van der Waals surface area contributed by atoms with E-state index in [1.165, 1.54) is 19.2 Å². The maximum atomic E-state index is 12.6. The van der Waals surface area contributed by atoms with Crippen molar-refractivity contribution in [1.29, 1.82) is 0 Å². The van der Waals surface area contributed by atoms with Crippen LogP contribution in [0.1, 0.15) is 27.1 Å². The number of aromatic nitrogens is 2. The number of benzene rings is 1. The molecule has 3 aromatic rings. The van der Waals surface area contributed by atoms with Gasteiger partial charge in [-0.3, -0.25) is 9.59 Å². The molecule has 7 nitrogen and oxygen atoms in total. The first-order valence-corrected chi connectivity index (χ1v) is 9.99. The van der Waals surface area contributed by atoms with Crippen molar-refractivity contribution in [2.45, 2.75) is 6.92 Å². The van der Waals surface area contributed by atoms with Crippen molar-refractivity contribution in [3.05, 3.63) is 67.4 Å². The van der Waals surface area contributed by atoms with E-state index >= 15 is 0 Å². The van der Waals surface area contributed by atoms with Gasteiger partial charge in [0.15, 0.2) is 0 Å². The standard InChI is InChI=1S/C19H15Cl2N3O4S/c1-3-28-19(27)17-14(22-18(26)13-6-7-16(25)24(2)23-13)9-15(29-17)11-5-4-10(20)8-12(11)21/h4-9H,3H2,1-2H3,(H,22,26). The molecule has 1 aromatic carbocycles. The molecule has 10 heteroatoms. The Hall–Kier alpha value is -2.68. The lowest BCUT2D eigenvalue weighted by Crippen LogP contribution is -2.24. The molecule has 0 unspecified atom stereocenters. The highest BCUT2D eigenvalue weighted by molar-refractivity contribution is 7.18. The number of nitrogens with one attached hydrogen (secondary N) is 1. The summed E-state index contributed by atoms with van der Waals surface area (Å²) in [6, 6.07) is 9.18. The number of ether oxygens (including phenoxy) is 1. The molecule has 0 aliphatic heterocycles. The number of nitrogens with zero attached hydrogens (tertiary/aromatic N) is 2. The summed E-state index contributed by atoms with van der Waals surface area (Å²) >= 11 is 13.4. The maximum absolute atomic E-state index is 12.6. The molecule has 1 N–H and O–H groups in total. The monoisotopic (exact) mass is 451 g/mol. The van der Waals surface area contributed by atoms with Crippen LogP contribution >= 0.6 is 34.5 Å². The van der Waals surface area contributed by atoms with E-state index in [1.807, 2.05) is 0 Å². The number of carbonyl (C=O) groups excluding carboxylic acids is 2. The predicted octanol–water partition coefficient (Wildman–Crippen LogP) is 4.24. The molecular weight excluding hydrogens is 437 g/mol. The molecule has 2 heterocycles. The van der Waals surface area contributed by atoms with Crippen LogP contribution in [0.5, 0.6) is 0 Å². The van der Waals surface area contributed by atoms with E-state index in [-0.39, 0.29) is 28.4 Å². The summed E-state index contributed by atoms with van der Waals surface area (Å²) in [6.45, 7) is 1.87. The highest BCUT2D eigenvalue weighted by Crippen LogP contribution is 2.39. The van der Waals surface area contributed by atoms with Crippen LogP contribution in [-0.2, 0) is 11.8 Å². The molecule has 0 aliphatic rings. The van der Waals surface area contributed by atoms with Gasteiger partial charge in [0.2, 0.25) is 0 Å². The molecule has 3 rings (SSSR count). The van der Waals surface area contributed by atoms with Gasteiger partial charge in [-0.15, -0.1) is 11.3 Å². The van der Waals surface area contributed by atoms with Crippen molar-refractivity contribution < 1.29 is 14.3 Å². The van der Waals surface area contributed by atoms with Crippen molar-refractivity contribution in [2.75, 3.05) is 11.9 Å². The summed E-state index contributed by atoms with van der Waals surface area (Å²) in [4.78, 5) is 37.3. The number of rotatable bonds is 5. The van der Waals surface area contributed by atoms with Gasteiger partial charge in [-0.2, -0.15) is 5.10 Å². The molecule has 0 radical (unpaired) electrons. The Bertz CT molecular complexity index is 1160.